The Morgan fingerprint density at radius 3 is 2.11 bits per heavy atom. The van der Waals surface area contributed by atoms with E-state index in [0.717, 1.165) is 0 Å². The van der Waals surface area contributed by atoms with Crippen molar-refractivity contribution >= 4 is 5.97 Å². The topological polar surface area (TPSA) is 78.3 Å². The summed E-state index contributed by atoms with van der Waals surface area (Å²) in [4.78, 5) is 10.2. The maximum Gasteiger partial charge on any atom is 0.304 e. The molecule has 0 fully saturated rings. The molecule has 4 heteroatoms. The Balaban J connectivity index is 3.50. The van der Waals surface area contributed by atoms with Crippen LogP contribution in [0.2, 0.25) is 0 Å². The highest BCUT2D eigenvalue weighted by Crippen LogP contribution is 1.87. The maximum atomic E-state index is 10.2. The lowest BCUT2D eigenvalue weighted by molar-refractivity contribution is -0.146. The number of hydrogen-bond acceptors (Lipinski definition) is 4. The van der Waals surface area contributed by atoms with Crippen LogP contribution < -0.4 is 11.5 Å². The lowest BCUT2D eigenvalue weighted by atomic mass is 10.3. The fourth-order valence-corrected chi connectivity index (χ4v) is 0.299. The van der Waals surface area contributed by atoms with E-state index >= 15 is 0 Å². The SMILES string of the molecule is CC(=O)OC(N)C(C)N. The van der Waals surface area contributed by atoms with Crippen molar-refractivity contribution in [2.45, 2.75) is 26.1 Å². The number of ether oxygens (including phenoxy) is 1. The van der Waals surface area contributed by atoms with Crippen LogP contribution in [0.15, 0.2) is 0 Å². The van der Waals surface area contributed by atoms with E-state index in [2.05, 4.69) is 4.74 Å². The van der Waals surface area contributed by atoms with Gasteiger partial charge in [0.2, 0.25) is 0 Å². The molecule has 0 heterocycles. The molecule has 0 rings (SSSR count). The average molecular weight is 132 g/mol. The number of carbonyl (C=O) groups excluding carboxylic acids is 1. The molecular formula is C5H12N2O2. The van der Waals surface area contributed by atoms with Gasteiger partial charge >= 0.3 is 5.97 Å². The zero-order chi connectivity index (χ0) is 7.44. The van der Waals surface area contributed by atoms with Gasteiger partial charge in [0.25, 0.3) is 0 Å². The molecule has 4 N–H and O–H groups in total. The van der Waals surface area contributed by atoms with Crippen LogP contribution in [0.3, 0.4) is 0 Å². The number of nitrogens with two attached hydrogens (primary N) is 2. The molecule has 0 saturated heterocycles. The van der Waals surface area contributed by atoms with Gasteiger partial charge in [-0.2, -0.15) is 0 Å². The van der Waals surface area contributed by atoms with E-state index in [4.69, 9.17) is 11.5 Å². The number of esters is 1. The molecule has 4 nitrogen and oxygen atoms in total. The third-order valence-electron chi connectivity index (χ3n) is 0.820. The van der Waals surface area contributed by atoms with Crippen LogP contribution in [0.4, 0.5) is 0 Å². The summed E-state index contributed by atoms with van der Waals surface area (Å²) in [6, 6.07) is -0.311. The third-order valence-corrected chi connectivity index (χ3v) is 0.820. The number of hydrogen-bond donors (Lipinski definition) is 2. The summed E-state index contributed by atoms with van der Waals surface area (Å²) in [6.45, 7) is 2.97. The van der Waals surface area contributed by atoms with E-state index < -0.39 is 12.2 Å². The third kappa shape index (κ3) is 3.93. The molecule has 0 aromatic heterocycles. The highest BCUT2D eigenvalue weighted by molar-refractivity contribution is 5.66. The predicted molar refractivity (Wildman–Crippen MR) is 33.4 cm³/mol. The van der Waals surface area contributed by atoms with Gasteiger partial charge in [-0.3, -0.25) is 10.5 Å². The van der Waals surface area contributed by atoms with Gasteiger partial charge in [-0.05, 0) is 6.92 Å². The van der Waals surface area contributed by atoms with Crippen LogP contribution in [0.25, 0.3) is 0 Å². The summed E-state index contributed by atoms with van der Waals surface area (Å²) in [6.07, 6.45) is -0.678. The quantitative estimate of drug-likeness (QED) is 0.380. The Morgan fingerprint density at radius 1 is 1.56 bits per heavy atom. The molecule has 0 amide bonds. The normalized spacial score (nSPS) is 16.4. The van der Waals surface area contributed by atoms with Gasteiger partial charge in [0.15, 0.2) is 6.23 Å². The van der Waals surface area contributed by atoms with Gasteiger partial charge in [-0.15, -0.1) is 0 Å². The average Bonchev–Trinajstić information content (AvgIpc) is 1.63. The van der Waals surface area contributed by atoms with Gasteiger partial charge in [0, 0.05) is 6.92 Å². The van der Waals surface area contributed by atoms with Crippen molar-refractivity contribution in [3.8, 4) is 0 Å². The molecule has 0 spiro atoms. The van der Waals surface area contributed by atoms with E-state index in [1.54, 1.807) is 6.92 Å². The van der Waals surface area contributed by atoms with Crippen molar-refractivity contribution in [3.63, 3.8) is 0 Å². The molecule has 0 aromatic rings. The Kier molecular flexibility index (Phi) is 3.19. The molecule has 0 aromatic carbocycles. The lowest BCUT2D eigenvalue weighted by Crippen LogP contribution is -2.42. The first-order chi connectivity index (χ1) is 4.04. The minimum Gasteiger partial charge on any atom is -0.445 e. The van der Waals surface area contributed by atoms with E-state index in [9.17, 15) is 4.79 Å². The predicted octanol–water partition coefficient (Wildman–Crippen LogP) is -0.818. The minimum atomic E-state index is -0.678. The molecule has 2 unspecified atom stereocenters. The fraction of sp³-hybridized carbons (Fsp3) is 0.800. The molecule has 0 saturated carbocycles. The van der Waals surface area contributed by atoms with E-state index in [1.807, 2.05) is 0 Å². The Labute approximate surface area is 54.2 Å². The van der Waals surface area contributed by atoms with E-state index in [-0.39, 0.29) is 6.04 Å². The highest BCUT2D eigenvalue weighted by Gasteiger charge is 2.09. The smallest absolute Gasteiger partial charge is 0.304 e. The molecule has 0 radical (unpaired) electrons. The summed E-state index contributed by atoms with van der Waals surface area (Å²) in [5, 5.41) is 0. The van der Waals surface area contributed by atoms with Crippen molar-refractivity contribution in [2.24, 2.45) is 11.5 Å². The first-order valence-corrected chi connectivity index (χ1v) is 2.72. The van der Waals surface area contributed by atoms with Gasteiger partial charge in [-0.1, -0.05) is 0 Å². The largest absolute Gasteiger partial charge is 0.445 e. The molecule has 2 atom stereocenters. The van der Waals surface area contributed by atoms with Crippen molar-refractivity contribution in [1.29, 1.82) is 0 Å². The fourth-order valence-electron chi connectivity index (χ4n) is 0.299. The second-order valence-corrected chi connectivity index (χ2v) is 1.93. The summed E-state index contributed by atoms with van der Waals surface area (Å²) < 4.78 is 4.53. The summed E-state index contributed by atoms with van der Waals surface area (Å²) in [7, 11) is 0. The van der Waals surface area contributed by atoms with Crippen LogP contribution in [0.5, 0.6) is 0 Å². The molecule has 0 aliphatic carbocycles. The molecule has 0 bridgehead atoms. The Hall–Kier alpha value is -0.610. The van der Waals surface area contributed by atoms with Crippen molar-refractivity contribution < 1.29 is 9.53 Å². The Morgan fingerprint density at radius 2 is 2.00 bits per heavy atom. The molecule has 54 valence electrons. The summed E-state index contributed by atoms with van der Waals surface area (Å²) in [5.41, 5.74) is 10.5. The summed E-state index contributed by atoms with van der Waals surface area (Å²) in [5.74, 6) is -0.403. The van der Waals surface area contributed by atoms with Gasteiger partial charge in [0.05, 0.1) is 6.04 Å². The molecular weight excluding hydrogens is 120 g/mol. The molecule has 0 aliphatic rings. The number of carbonyl (C=O) groups is 1. The second-order valence-electron chi connectivity index (χ2n) is 1.93. The van der Waals surface area contributed by atoms with Gasteiger partial charge < -0.3 is 10.5 Å². The van der Waals surface area contributed by atoms with Gasteiger partial charge in [0.1, 0.15) is 0 Å². The highest BCUT2D eigenvalue weighted by atomic mass is 16.6. The van der Waals surface area contributed by atoms with Crippen LogP contribution in [-0.4, -0.2) is 18.2 Å². The second kappa shape index (κ2) is 3.42. The van der Waals surface area contributed by atoms with Crippen LogP contribution in [0.1, 0.15) is 13.8 Å². The number of rotatable bonds is 2. The zero-order valence-electron chi connectivity index (χ0n) is 5.63. The first-order valence-electron chi connectivity index (χ1n) is 2.72. The van der Waals surface area contributed by atoms with Crippen LogP contribution in [0, 0.1) is 0 Å². The Bertz CT molecular complexity index is 103. The van der Waals surface area contributed by atoms with E-state index in [0.29, 0.717) is 0 Å². The minimum absolute atomic E-state index is 0.311. The van der Waals surface area contributed by atoms with Crippen molar-refractivity contribution in [2.75, 3.05) is 0 Å². The van der Waals surface area contributed by atoms with Crippen molar-refractivity contribution in [1.82, 2.24) is 0 Å². The maximum absolute atomic E-state index is 10.2. The molecule has 9 heavy (non-hydrogen) atoms. The monoisotopic (exact) mass is 132 g/mol. The van der Waals surface area contributed by atoms with Gasteiger partial charge in [-0.25, -0.2) is 0 Å². The van der Waals surface area contributed by atoms with E-state index in [1.165, 1.54) is 6.92 Å². The summed E-state index contributed by atoms with van der Waals surface area (Å²) >= 11 is 0. The molecule has 0 aliphatic heterocycles. The van der Waals surface area contributed by atoms with Crippen LogP contribution in [-0.2, 0) is 9.53 Å². The van der Waals surface area contributed by atoms with Crippen LogP contribution >= 0.6 is 0 Å². The van der Waals surface area contributed by atoms with Crippen molar-refractivity contribution in [3.05, 3.63) is 0 Å². The first kappa shape index (κ1) is 8.39. The standard InChI is InChI=1S/C5H12N2O2/c1-3(6)5(7)9-4(2)8/h3,5H,6-7H2,1-2H3. The zero-order valence-corrected chi connectivity index (χ0v) is 5.63. The lowest BCUT2D eigenvalue weighted by Gasteiger charge is -2.14.